The normalized spacial score (nSPS) is 11.2. The second kappa shape index (κ2) is 8.52. The van der Waals surface area contributed by atoms with Crippen molar-refractivity contribution in [2.45, 2.75) is 17.8 Å². The summed E-state index contributed by atoms with van der Waals surface area (Å²) in [6.07, 6.45) is 1.66. The van der Waals surface area contributed by atoms with Gasteiger partial charge in [-0.05, 0) is 37.3 Å². The minimum atomic E-state index is 0.469. The first-order valence-electron chi connectivity index (χ1n) is 9.45. The Balaban J connectivity index is 1.44. The summed E-state index contributed by atoms with van der Waals surface area (Å²) >= 11 is 4.95. The quantitative estimate of drug-likeness (QED) is 0.270. The van der Waals surface area contributed by atoms with Crippen LogP contribution in [0.5, 0.6) is 0 Å². The molecule has 0 aliphatic carbocycles. The van der Waals surface area contributed by atoms with E-state index < -0.39 is 0 Å². The van der Waals surface area contributed by atoms with Gasteiger partial charge in [0.2, 0.25) is 11.7 Å². The summed E-state index contributed by atoms with van der Waals surface area (Å²) in [6, 6.07) is 19.7. The van der Waals surface area contributed by atoms with Gasteiger partial charge >= 0.3 is 0 Å². The summed E-state index contributed by atoms with van der Waals surface area (Å²) in [5.41, 5.74) is 2.75. The number of aryl methyl sites for hydroxylation is 1. The Kier molecular flexibility index (Phi) is 5.44. The van der Waals surface area contributed by atoms with Crippen LogP contribution in [-0.2, 0) is 5.75 Å². The van der Waals surface area contributed by atoms with E-state index >= 15 is 0 Å². The molecule has 2 aromatic carbocycles. The van der Waals surface area contributed by atoms with Gasteiger partial charge in [0.15, 0.2) is 11.0 Å². The molecule has 7 nitrogen and oxygen atoms in total. The van der Waals surface area contributed by atoms with Gasteiger partial charge in [-0.2, -0.15) is 4.98 Å². The van der Waals surface area contributed by atoms with Gasteiger partial charge in [0, 0.05) is 15.7 Å². The van der Waals surface area contributed by atoms with Crippen LogP contribution in [0.4, 0.5) is 0 Å². The maximum absolute atomic E-state index is 5.48. The molecule has 3 heterocycles. The van der Waals surface area contributed by atoms with Crippen LogP contribution < -0.4 is 0 Å². The van der Waals surface area contributed by atoms with Gasteiger partial charge in [0.1, 0.15) is 5.76 Å². The second-order valence-corrected chi connectivity index (χ2v) is 8.54. The zero-order valence-electron chi connectivity index (χ0n) is 16.4. The fourth-order valence-electron chi connectivity index (χ4n) is 3.15. The molecule has 3 aromatic heterocycles. The van der Waals surface area contributed by atoms with Crippen LogP contribution >= 0.6 is 27.7 Å². The number of aromatic nitrogens is 5. The van der Waals surface area contributed by atoms with Crippen molar-refractivity contribution in [3.63, 3.8) is 0 Å². The summed E-state index contributed by atoms with van der Waals surface area (Å²) < 4.78 is 13.9. The summed E-state index contributed by atoms with van der Waals surface area (Å²) in [5.74, 6) is 3.05. The maximum atomic E-state index is 5.48. The van der Waals surface area contributed by atoms with Crippen molar-refractivity contribution >= 4 is 27.7 Å². The Hall–Kier alpha value is -3.17. The zero-order chi connectivity index (χ0) is 21.2. The molecule has 0 saturated heterocycles. The van der Waals surface area contributed by atoms with Crippen LogP contribution in [0.25, 0.3) is 28.5 Å². The third-order valence-electron chi connectivity index (χ3n) is 4.62. The highest BCUT2D eigenvalue weighted by molar-refractivity contribution is 9.10. The van der Waals surface area contributed by atoms with E-state index in [0.29, 0.717) is 17.5 Å². The first-order valence-corrected chi connectivity index (χ1v) is 11.2. The van der Waals surface area contributed by atoms with Crippen LogP contribution in [0.2, 0.25) is 0 Å². The first-order chi connectivity index (χ1) is 15.2. The van der Waals surface area contributed by atoms with Crippen molar-refractivity contribution in [1.82, 2.24) is 24.9 Å². The number of nitrogens with zero attached hydrogens (tertiary/aromatic N) is 5. The lowest BCUT2D eigenvalue weighted by molar-refractivity contribution is 0.391. The molecular weight excluding hydrogens is 478 g/mol. The van der Waals surface area contributed by atoms with Crippen LogP contribution in [0, 0.1) is 6.92 Å². The summed E-state index contributed by atoms with van der Waals surface area (Å²) in [6.45, 7) is 1.91. The van der Waals surface area contributed by atoms with Crippen molar-refractivity contribution < 1.29 is 8.94 Å². The SMILES string of the molecule is Cc1occc1-c1nnc(SCc2nc(-c3cccc(Br)c3)no2)n1-c1ccccc1. The van der Waals surface area contributed by atoms with E-state index in [0.717, 1.165) is 38.0 Å². The van der Waals surface area contributed by atoms with E-state index in [1.54, 1.807) is 6.26 Å². The minimum Gasteiger partial charge on any atom is -0.469 e. The van der Waals surface area contributed by atoms with Gasteiger partial charge in [-0.3, -0.25) is 4.57 Å². The molecular formula is C22H16BrN5O2S. The molecule has 31 heavy (non-hydrogen) atoms. The highest BCUT2D eigenvalue weighted by Crippen LogP contribution is 2.31. The van der Waals surface area contributed by atoms with Crippen LogP contribution in [-0.4, -0.2) is 24.9 Å². The number of benzene rings is 2. The number of hydrogen-bond acceptors (Lipinski definition) is 7. The average Bonchev–Trinajstić information content (AvgIpc) is 3.52. The van der Waals surface area contributed by atoms with Gasteiger partial charge in [0.05, 0.1) is 17.6 Å². The van der Waals surface area contributed by atoms with Crippen LogP contribution in [0.3, 0.4) is 0 Å². The van der Waals surface area contributed by atoms with Crippen molar-refractivity contribution in [2.75, 3.05) is 0 Å². The molecule has 5 rings (SSSR count). The Morgan fingerprint density at radius 3 is 2.68 bits per heavy atom. The lowest BCUT2D eigenvalue weighted by Gasteiger charge is -2.09. The van der Waals surface area contributed by atoms with Crippen LogP contribution in [0.15, 0.2) is 85.5 Å². The van der Waals surface area contributed by atoms with Crippen molar-refractivity contribution in [3.8, 4) is 28.5 Å². The lowest BCUT2D eigenvalue weighted by Crippen LogP contribution is -1.99. The number of halogens is 1. The number of hydrogen-bond donors (Lipinski definition) is 0. The van der Waals surface area contributed by atoms with Gasteiger partial charge in [-0.1, -0.05) is 63.2 Å². The van der Waals surface area contributed by atoms with Gasteiger partial charge < -0.3 is 8.94 Å². The smallest absolute Gasteiger partial charge is 0.237 e. The van der Waals surface area contributed by atoms with Gasteiger partial charge in [-0.25, -0.2) is 0 Å². The maximum Gasteiger partial charge on any atom is 0.237 e. The molecule has 0 N–H and O–H groups in total. The zero-order valence-corrected chi connectivity index (χ0v) is 18.8. The topological polar surface area (TPSA) is 82.8 Å². The summed E-state index contributed by atoms with van der Waals surface area (Å²) in [7, 11) is 0. The largest absolute Gasteiger partial charge is 0.469 e. The highest BCUT2D eigenvalue weighted by Gasteiger charge is 2.20. The molecule has 0 aliphatic rings. The summed E-state index contributed by atoms with van der Waals surface area (Å²) in [5, 5.41) is 13.7. The minimum absolute atomic E-state index is 0.469. The molecule has 0 fully saturated rings. The van der Waals surface area contributed by atoms with E-state index in [2.05, 4.69) is 36.3 Å². The second-order valence-electron chi connectivity index (χ2n) is 6.68. The monoisotopic (exact) mass is 493 g/mol. The molecule has 5 aromatic rings. The third-order valence-corrected chi connectivity index (χ3v) is 6.03. The molecule has 0 unspecified atom stereocenters. The molecule has 154 valence electrons. The number of rotatable bonds is 6. The lowest BCUT2D eigenvalue weighted by atomic mass is 10.2. The molecule has 0 saturated carbocycles. The molecule has 0 spiro atoms. The predicted molar refractivity (Wildman–Crippen MR) is 121 cm³/mol. The average molecular weight is 494 g/mol. The predicted octanol–water partition coefficient (Wildman–Crippen LogP) is 5.94. The Morgan fingerprint density at radius 2 is 1.90 bits per heavy atom. The van der Waals surface area contributed by atoms with E-state index in [1.807, 2.05) is 72.2 Å². The Bertz CT molecular complexity index is 1330. The van der Waals surface area contributed by atoms with Crippen molar-refractivity contribution in [2.24, 2.45) is 0 Å². The van der Waals surface area contributed by atoms with E-state index in [4.69, 9.17) is 8.94 Å². The fourth-order valence-corrected chi connectivity index (χ4v) is 4.34. The number of para-hydroxylation sites is 1. The van der Waals surface area contributed by atoms with E-state index in [9.17, 15) is 0 Å². The Morgan fingerprint density at radius 1 is 1.03 bits per heavy atom. The molecule has 0 aliphatic heterocycles. The fraction of sp³-hybridized carbons (Fsp3) is 0.0909. The summed E-state index contributed by atoms with van der Waals surface area (Å²) in [4.78, 5) is 4.52. The first kappa shape index (κ1) is 19.8. The highest BCUT2D eigenvalue weighted by atomic mass is 79.9. The van der Waals surface area contributed by atoms with Crippen molar-refractivity contribution in [3.05, 3.63) is 83.1 Å². The number of furan rings is 1. The van der Waals surface area contributed by atoms with E-state index in [1.165, 1.54) is 11.8 Å². The van der Waals surface area contributed by atoms with Gasteiger partial charge in [-0.15, -0.1) is 10.2 Å². The molecule has 0 atom stereocenters. The molecule has 9 heteroatoms. The molecule has 0 bridgehead atoms. The third kappa shape index (κ3) is 4.06. The Labute approximate surface area is 190 Å². The molecule has 0 amide bonds. The van der Waals surface area contributed by atoms with Crippen molar-refractivity contribution in [1.29, 1.82) is 0 Å². The number of thioether (sulfide) groups is 1. The van der Waals surface area contributed by atoms with Gasteiger partial charge in [0.25, 0.3) is 0 Å². The van der Waals surface area contributed by atoms with E-state index in [-0.39, 0.29) is 0 Å². The van der Waals surface area contributed by atoms with Crippen LogP contribution in [0.1, 0.15) is 11.7 Å². The molecule has 0 radical (unpaired) electrons. The standard InChI is InChI=1S/C22H16BrN5O2S/c1-14-18(10-11-29-14)21-25-26-22(28(21)17-8-3-2-4-9-17)31-13-19-24-20(27-30-19)15-6-5-7-16(23)12-15/h2-12H,13H2,1H3.